The van der Waals surface area contributed by atoms with Crippen molar-refractivity contribution in [2.75, 3.05) is 13.1 Å². The number of carboxylic acids is 1. The van der Waals surface area contributed by atoms with Crippen LogP contribution in [0.15, 0.2) is 12.7 Å². The quantitative estimate of drug-likeness (QED) is 0.759. The second-order valence-corrected chi connectivity index (χ2v) is 6.07. The number of nitrogens with one attached hydrogen (secondary N) is 1. The molecule has 1 rings (SSSR count). The van der Waals surface area contributed by atoms with E-state index in [4.69, 9.17) is 4.74 Å². The van der Waals surface area contributed by atoms with Crippen LogP contribution in [0, 0.1) is 0 Å². The number of carbonyl (C=O) groups is 3. The molecular weight excluding hydrogens is 276 g/mol. The number of hydrogen-bond donors (Lipinski definition) is 2. The number of carbonyl (C=O) groups excluding carboxylic acids is 2. The van der Waals surface area contributed by atoms with E-state index in [1.807, 2.05) is 0 Å². The third-order valence-corrected chi connectivity index (χ3v) is 3.09. The first-order chi connectivity index (χ1) is 9.59. The Labute approximate surface area is 123 Å². The van der Waals surface area contributed by atoms with E-state index in [0.29, 0.717) is 0 Å². The fourth-order valence-corrected chi connectivity index (χ4v) is 2.10. The highest BCUT2D eigenvalue weighted by atomic mass is 16.6. The summed E-state index contributed by atoms with van der Waals surface area (Å²) in [6.07, 6.45) is 0.944. The van der Waals surface area contributed by atoms with Crippen LogP contribution in [-0.2, 0) is 14.3 Å². The van der Waals surface area contributed by atoms with Crippen LogP contribution < -0.4 is 5.32 Å². The van der Waals surface area contributed by atoms with Gasteiger partial charge in [0.2, 0.25) is 5.91 Å². The highest BCUT2D eigenvalue weighted by Crippen LogP contribution is 2.23. The number of carboxylic acid groups (broad SMARTS) is 1. The molecule has 2 amide bonds. The molecule has 0 aromatic carbocycles. The van der Waals surface area contributed by atoms with E-state index in [1.165, 1.54) is 11.0 Å². The lowest BCUT2D eigenvalue weighted by Crippen LogP contribution is -2.57. The molecule has 1 heterocycles. The molecule has 1 fully saturated rings. The predicted molar refractivity (Wildman–Crippen MR) is 75.7 cm³/mol. The second-order valence-electron chi connectivity index (χ2n) is 6.07. The van der Waals surface area contributed by atoms with Crippen molar-refractivity contribution in [2.24, 2.45) is 0 Å². The van der Waals surface area contributed by atoms with Gasteiger partial charge in [-0.3, -0.25) is 4.79 Å². The first-order valence-corrected chi connectivity index (χ1v) is 6.73. The molecule has 0 aromatic rings. The lowest BCUT2D eigenvalue weighted by Gasteiger charge is -2.28. The molecule has 118 valence electrons. The zero-order chi connectivity index (χ0) is 16.3. The summed E-state index contributed by atoms with van der Waals surface area (Å²) in [5.74, 6) is -1.39. The maximum Gasteiger partial charge on any atom is 0.408 e. The average Bonchev–Trinajstić information content (AvgIpc) is 2.72. The molecule has 0 spiro atoms. The minimum absolute atomic E-state index is 0.0751. The lowest BCUT2D eigenvalue weighted by atomic mass is 9.99. The summed E-state index contributed by atoms with van der Waals surface area (Å²) in [4.78, 5) is 36.5. The number of likely N-dealkylation sites (tertiary alicyclic amines) is 1. The summed E-state index contributed by atoms with van der Waals surface area (Å²) < 4.78 is 5.09. The number of amides is 2. The van der Waals surface area contributed by atoms with Crippen LogP contribution >= 0.6 is 0 Å². The molecule has 0 aromatic heterocycles. The number of alkyl carbamates (subject to hydrolysis) is 1. The van der Waals surface area contributed by atoms with Crippen LogP contribution in [-0.4, -0.2) is 52.2 Å². The van der Waals surface area contributed by atoms with Crippen molar-refractivity contribution >= 4 is 18.0 Å². The summed E-state index contributed by atoms with van der Waals surface area (Å²) in [6, 6.07) is 0. The summed E-state index contributed by atoms with van der Waals surface area (Å²) >= 11 is 0. The first kappa shape index (κ1) is 17.0. The van der Waals surface area contributed by atoms with Gasteiger partial charge < -0.3 is 20.1 Å². The molecule has 0 bridgehead atoms. The molecule has 0 radical (unpaired) electrons. The smallest absolute Gasteiger partial charge is 0.408 e. The molecule has 7 nitrogen and oxygen atoms in total. The SMILES string of the molecule is C=CCC(=O)N1CCC(NC(=O)OC(C)(C)C)(C(=O)O)C1. The molecule has 21 heavy (non-hydrogen) atoms. The van der Waals surface area contributed by atoms with Crippen molar-refractivity contribution in [1.82, 2.24) is 10.2 Å². The fourth-order valence-electron chi connectivity index (χ4n) is 2.10. The largest absolute Gasteiger partial charge is 0.479 e. The maximum atomic E-state index is 11.8. The van der Waals surface area contributed by atoms with Gasteiger partial charge in [-0.25, -0.2) is 9.59 Å². The Hall–Kier alpha value is -2.05. The molecule has 2 N–H and O–H groups in total. The van der Waals surface area contributed by atoms with Crippen LogP contribution in [0.1, 0.15) is 33.6 Å². The molecule has 7 heteroatoms. The van der Waals surface area contributed by atoms with Crippen LogP contribution in [0.5, 0.6) is 0 Å². The molecule has 1 unspecified atom stereocenters. The van der Waals surface area contributed by atoms with E-state index in [2.05, 4.69) is 11.9 Å². The van der Waals surface area contributed by atoms with E-state index in [0.717, 1.165) is 0 Å². The number of hydrogen-bond acceptors (Lipinski definition) is 4. The highest BCUT2D eigenvalue weighted by molar-refractivity contribution is 5.87. The van der Waals surface area contributed by atoms with Crippen LogP contribution in [0.2, 0.25) is 0 Å². The normalized spacial score (nSPS) is 21.8. The van der Waals surface area contributed by atoms with E-state index in [9.17, 15) is 19.5 Å². The van der Waals surface area contributed by atoms with Gasteiger partial charge in [0.25, 0.3) is 0 Å². The summed E-state index contributed by atoms with van der Waals surface area (Å²) in [5.41, 5.74) is -2.22. The van der Waals surface area contributed by atoms with Crippen LogP contribution in [0.25, 0.3) is 0 Å². The summed E-state index contributed by atoms with van der Waals surface area (Å²) in [7, 11) is 0. The third-order valence-electron chi connectivity index (χ3n) is 3.09. The Kier molecular flexibility index (Phi) is 4.98. The van der Waals surface area contributed by atoms with Gasteiger partial charge in [-0.15, -0.1) is 6.58 Å². The lowest BCUT2D eigenvalue weighted by molar-refractivity contribution is -0.144. The standard InChI is InChI=1S/C14H22N2O5/c1-5-6-10(17)16-8-7-14(9-16,11(18)19)15-12(20)21-13(2,3)4/h5H,1,6-9H2,2-4H3,(H,15,20)(H,18,19). The topological polar surface area (TPSA) is 95.9 Å². The zero-order valence-electron chi connectivity index (χ0n) is 12.6. The molecule has 1 saturated heterocycles. The van der Waals surface area contributed by atoms with Crippen LogP contribution in [0.4, 0.5) is 4.79 Å². The number of aliphatic carboxylic acids is 1. The van der Waals surface area contributed by atoms with Crippen molar-refractivity contribution in [1.29, 1.82) is 0 Å². The Bertz CT molecular complexity index is 455. The minimum Gasteiger partial charge on any atom is -0.479 e. The summed E-state index contributed by atoms with van der Waals surface area (Å²) in [5, 5.41) is 11.8. The van der Waals surface area contributed by atoms with Gasteiger partial charge in [0.1, 0.15) is 5.60 Å². The average molecular weight is 298 g/mol. The van der Waals surface area contributed by atoms with E-state index in [-0.39, 0.29) is 31.8 Å². The van der Waals surface area contributed by atoms with E-state index in [1.54, 1.807) is 20.8 Å². The fraction of sp³-hybridized carbons (Fsp3) is 0.643. The number of ether oxygens (including phenoxy) is 1. The van der Waals surface area contributed by atoms with Gasteiger partial charge in [-0.05, 0) is 20.8 Å². The van der Waals surface area contributed by atoms with E-state index < -0.39 is 23.2 Å². The monoisotopic (exact) mass is 298 g/mol. The van der Waals surface area contributed by atoms with Crippen molar-refractivity contribution in [3.05, 3.63) is 12.7 Å². The minimum atomic E-state index is -1.50. The molecule has 1 atom stereocenters. The molecule has 0 saturated carbocycles. The number of nitrogens with zero attached hydrogens (tertiary/aromatic N) is 1. The Morgan fingerprint density at radius 3 is 2.52 bits per heavy atom. The molecule has 1 aliphatic heterocycles. The van der Waals surface area contributed by atoms with Gasteiger partial charge in [-0.1, -0.05) is 6.08 Å². The van der Waals surface area contributed by atoms with Crippen molar-refractivity contribution < 1.29 is 24.2 Å². The van der Waals surface area contributed by atoms with Crippen LogP contribution in [0.3, 0.4) is 0 Å². The zero-order valence-corrected chi connectivity index (χ0v) is 12.6. The van der Waals surface area contributed by atoms with E-state index >= 15 is 0 Å². The van der Waals surface area contributed by atoms with Crippen molar-refractivity contribution in [3.8, 4) is 0 Å². The van der Waals surface area contributed by atoms with Crippen molar-refractivity contribution in [2.45, 2.75) is 44.8 Å². The van der Waals surface area contributed by atoms with Gasteiger partial charge in [0.05, 0.1) is 6.54 Å². The van der Waals surface area contributed by atoms with Crippen molar-refractivity contribution in [3.63, 3.8) is 0 Å². The molecule has 0 aliphatic carbocycles. The first-order valence-electron chi connectivity index (χ1n) is 6.73. The second kappa shape index (κ2) is 6.15. The Balaban J connectivity index is 2.78. The predicted octanol–water partition coefficient (Wildman–Crippen LogP) is 1.14. The maximum absolute atomic E-state index is 11.8. The van der Waals surface area contributed by atoms with Gasteiger partial charge >= 0.3 is 12.1 Å². The molecule has 1 aliphatic rings. The highest BCUT2D eigenvalue weighted by Gasteiger charge is 2.48. The number of rotatable bonds is 4. The Morgan fingerprint density at radius 2 is 2.05 bits per heavy atom. The Morgan fingerprint density at radius 1 is 1.43 bits per heavy atom. The van der Waals surface area contributed by atoms with Gasteiger partial charge in [0.15, 0.2) is 5.54 Å². The third kappa shape index (κ3) is 4.47. The summed E-state index contributed by atoms with van der Waals surface area (Å²) in [6.45, 7) is 8.74. The molecular formula is C14H22N2O5. The van der Waals surface area contributed by atoms with Gasteiger partial charge in [0, 0.05) is 19.4 Å². The van der Waals surface area contributed by atoms with Gasteiger partial charge in [-0.2, -0.15) is 0 Å².